The fraction of sp³-hybridized carbons (Fsp3) is 0.333. The number of halogens is 1. The lowest BCUT2D eigenvalue weighted by atomic mass is 9.61. The summed E-state index contributed by atoms with van der Waals surface area (Å²) in [7, 11) is 0. The Morgan fingerprint density at radius 2 is 1.65 bits per heavy atom. The molecule has 134 valence electrons. The van der Waals surface area contributed by atoms with Crippen molar-refractivity contribution in [3.05, 3.63) is 70.2 Å². The van der Waals surface area contributed by atoms with Gasteiger partial charge in [-0.25, -0.2) is 5.01 Å². The number of β-lactam (4-membered cyclic amide) rings is 1. The van der Waals surface area contributed by atoms with Gasteiger partial charge in [0.2, 0.25) is 5.91 Å². The number of nitrogens with zero attached hydrogens (tertiary/aromatic N) is 1. The summed E-state index contributed by atoms with van der Waals surface area (Å²) in [6.07, 6.45) is 5.07. The van der Waals surface area contributed by atoms with Crippen molar-refractivity contribution >= 4 is 27.7 Å². The standard InChI is InChI=1S/C21H21BrN2O2/c22-17-12-6-5-11-16(17)18-21(13-7-2-8-14-21)20(26)24(18)23-19(25)15-9-3-1-4-10-15/h1,3-6,9-12,18H,2,7-8,13-14H2,(H,23,25). The summed E-state index contributed by atoms with van der Waals surface area (Å²) in [5.41, 5.74) is 4.08. The summed E-state index contributed by atoms with van der Waals surface area (Å²) in [5.74, 6) is -0.205. The lowest BCUT2D eigenvalue weighted by Gasteiger charge is -2.57. The third-order valence-electron chi connectivity index (χ3n) is 5.63. The maximum atomic E-state index is 13.1. The van der Waals surface area contributed by atoms with Crippen molar-refractivity contribution < 1.29 is 9.59 Å². The summed E-state index contributed by atoms with van der Waals surface area (Å²) < 4.78 is 0.974. The maximum Gasteiger partial charge on any atom is 0.269 e. The van der Waals surface area contributed by atoms with Crippen LogP contribution in [-0.4, -0.2) is 16.8 Å². The van der Waals surface area contributed by atoms with Crippen molar-refractivity contribution in [1.82, 2.24) is 10.4 Å². The van der Waals surface area contributed by atoms with E-state index in [1.807, 2.05) is 42.5 Å². The zero-order valence-corrected chi connectivity index (χ0v) is 16.0. The molecule has 1 saturated carbocycles. The van der Waals surface area contributed by atoms with Gasteiger partial charge in [0.05, 0.1) is 11.5 Å². The average Bonchev–Trinajstić information content (AvgIpc) is 2.70. The second kappa shape index (κ2) is 6.88. The van der Waals surface area contributed by atoms with E-state index in [1.165, 1.54) is 6.42 Å². The molecule has 1 saturated heterocycles. The molecule has 5 heteroatoms. The fourth-order valence-electron chi connectivity index (χ4n) is 4.34. The Hall–Kier alpha value is -2.14. The van der Waals surface area contributed by atoms with Crippen LogP contribution in [0.1, 0.15) is 54.1 Å². The molecule has 1 spiro atoms. The second-order valence-electron chi connectivity index (χ2n) is 7.12. The Bertz CT molecular complexity index is 831. The molecule has 4 nitrogen and oxygen atoms in total. The lowest BCUT2D eigenvalue weighted by Crippen LogP contribution is -2.69. The number of hydrazine groups is 1. The highest BCUT2D eigenvalue weighted by atomic mass is 79.9. The van der Waals surface area contributed by atoms with Crippen LogP contribution in [0.4, 0.5) is 0 Å². The third-order valence-corrected chi connectivity index (χ3v) is 6.35. The third kappa shape index (κ3) is 2.75. The molecule has 4 rings (SSSR count). The average molecular weight is 413 g/mol. The predicted octanol–water partition coefficient (Wildman–Crippen LogP) is 4.63. The number of hydrogen-bond donors (Lipinski definition) is 1. The van der Waals surface area contributed by atoms with Crippen LogP contribution in [0.5, 0.6) is 0 Å². The quantitative estimate of drug-likeness (QED) is 0.747. The first kappa shape index (κ1) is 17.3. The van der Waals surface area contributed by atoms with E-state index < -0.39 is 0 Å². The number of carbonyl (C=O) groups is 2. The number of nitrogens with one attached hydrogen (secondary N) is 1. The van der Waals surface area contributed by atoms with Crippen LogP contribution in [0.2, 0.25) is 0 Å². The second-order valence-corrected chi connectivity index (χ2v) is 7.98. The molecule has 0 aromatic heterocycles. The Labute approximate surface area is 161 Å². The molecule has 1 unspecified atom stereocenters. The summed E-state index contributed by atoms with van der Waals surface area (Å²) in [4.78, 5) is 25.7. The van der Waals surface area contributed by atoms with Gasteiger partial charge in [0.15, 0.2) is 0 Å². The first-order valence-electron chi connectivity index (χ1n) is 9.08. The first-order chi connectivity index (χ1) is 12.6. The van der Waals surface area contributed by atoms with Gasteiger partial charge >= 0.3 is 0 Å². The first-order valence-corrected chi connectivity index (χ1v) is 9.87. The van der Waals surface area contributed by atoms with E-state index in [0.717, 1.165) is 35.7 Å². The monoisotopic (exact) mass is 412 g/mol. The summed E-state index contributed by atoms with van der Waals surface area (Å²) in [6, 6.07) is 16.9. The Morgan fingerprint density at radius 1 is 1.00 bits per heavy atom. The minimum absolute atomic E-state index is 0.0437. The highest BCUT2D eigenvalue weighted by Gasteiger charge is 2.62. The predicted molar refractivity (Wildman–Crippen MR) is 103 cm³/mol. The SMILES string of the molecule is O=C(NN1C(=O)C2(CCCCC2)C1c1ccccc1Br)c1ccccc1. The van der Waals surface area contributed by atoms with Gasteiger partial charge in [0.1, 0.15) is 0 Å². The molecule has 1 aliphatic heterocycles. The molecule has 2 fully saturated rings. The zero-order valence-electron chi connectivity index (χ0n) is 14.5. The molecule has 1 aliphatic carbocycles. The Kier molecular flexibility index (Phi) is 4.57. The van der Waals surface area contributed by atoms with Gasteiger partial charge in [-0.2, -0.15) is 0 Å². The van der Waals surface area contributed by atoms with E-state index in [2.05, 4.69) is 21.4 Å². The summed E-state index contributed by atoms with van der Waals surface area (Å²) in [5, 5.41) is 1.54. The molecular weight excluding hydrogens is 392 g/mol. The van der Waals surface area contributed by atoms with Crippen LogP contribution in [0.3, 0.4) is 0 Å². The van der Waals surface area contributed by atoms with Crippen molar-refractivity contribution in [1.29, 1.82) is 0 Å². The molecule has 1 atom stereocenters. The van der Waals surface area contributed by atoms with Crippen LogP contribution in [-0.2, 0) is 4.79 Å². The molecule has 0 bridgehead atoms. The fourth-order valence-corrected chi connectivity index (χ4v) is 4.84. The van der Waals surface area contributed by atoms with Gasteiger partial charge < -0.3 is 0 Å². The van der Waals surface area contributed by atoms with Crippen LogP contribution in [0.25, 0.3) is 0 Å². The smallest absolute Gasteiger partial charge is 0.269 e. The molecule has 1 heterocycles. The summed E-state index contributed by atoms with van der Waals surface area (Å²) >= 11 is 3.63. The molecular formula is C21H21BrN2O2. The molecule has 0 radical (unpaired) electrons. The van der Waals surface area contributed by atoms with E-state index in [1.54, 1.807) is 17.1 Å². The van der Waals surface area contributed by atoms with Crippen molar-refractivity contribution in [3.63, 3.8) is 0 Å². The molecule has 1 N–H and O–H groups in total. The number of carbonyl (C=O) groups excluding carboxylic acids is 2. The van der Waals surface area contributed by atoms with E-state index in [0.29, 0.717) is 5.56 Å². The Balaban J connectivity index is 1.66. The van der Waals surface area contributed by atoms with Gasteiger partial charge in [0.25, 0.3) is 5.91 Å². The van der Waals surface area contributed by atoms with Gasteiger partial charge in [-0.1, -0.05) is 71.6 Å². The minimum Gasteiger partial charge on any atom is -0.272 e. The van der Waals surface area contributed by atoms with Gasteiger partial charge in [-0.05, 0) is 36.6 Å². The number of rotatable bonds is 3. The molecule has 2 amide bonds. The molecule has 2 aromatic carbocycles. The van der Waals surface area contributed by atoms with Crippen LogP contribution in [0, 0.1) is 5.41 Å². The molecule has 26 heavy (non-hydrogen) atoms. The zero-order chi connectivity index (χ0) is 18.1. The topological polar surface area (TPSA) is 49.4 Å². The highest BCUT2D eigenvalue weighted by Crippen LogP contribution is 2.57. The van der Waals surface area contributed by atoms with Crippen molar-refractivity contribution in [3.8, 4) is 0 Å². The van der Waals surface area contributed by atoms with E-state index in [9.17, 15) is 9.59 Å². The van der Waals surface area contributed by atoms with E-state index in [-0.39, 0.29) is 23.3 Å². The number of benzene rings is 2. The highest BCUT2D eigenvalue weighted by molar-refractivity contribution is 9.10. The van der Waals surface area contributed by atoms with Crippen LogP contribution < -0.4 is 5.43 Å². The van der Waals surface area contributed by atoms with Crippen LogP contribution >= 0.6 is 15.9 Å². The minimum atomic E-state index is -0.383. The maximum absolute atomic E-state index is 13.1. The van der Waals surface area contributed by atoms with Crippen LogP contribution in [0.15, 0.2) is 59.1 Å². The lowest BCUT2D eigenvalue weighted by molar-refractivity contribution is -0.184. The van der Waals surface area contributed by atoms with Gasteiger partial charge in [-0.3, -0.25) is 15.0 Å². The largest absolute Gasteiger partial charge is 0.272 e. The number of amides is 2. The normalized spacial score (nSPS) is 21.3. The van der Waals surface area contributed by atoms with Crippen molar-refractivity contribution in [2.45, 2.75) is 38.1 Å². The van der Waals surface area contributed by atoms with Gasteiger partial charge in [-0.15, -0.1) is 0 Å². The van der Waals surface area contributed by atoms with Crippen molar-refractivity contribution in [2.75, 3.05) is 0 Å². The summed E-state index contributed by atoms with van der Waals surface area (Å²) in [6.45, 7) is 0. The Morgan fingerprint density at radius 3 is 2.35 bits per heavy atom. The van der Waals surface area contributed by atoms with Crippen molar-refractivity contribution in [2.24, 2.45) is 5.41 Å². The number of hydrogen-bond acceptors (Lipinski definition) is 2. The van der Waals surface area contributed by atoms with E-state index >= 15 is 0 Å². The van der Waals surface area contributed by atoms with E-state index in [4.69, 9.17) is 0 Å². The molecule has 2 aromatic rings. The van der Waals surface area contributed by atoms with Gasteiger partial charge in [0, 0.05) is 10.0 Å². The molecule has 2 aliphatic rings.